The summed E-state index contributed by atoms with van der Waals surface area (Å²) in [6.45, 7) is 2.74. The van der Waals surface area contributed by atoms with Crippen LogP contribution in [0.5, 0.6) is 0 Å². The average Bonchev–Trinajstić information content (AvgIpc) is 2.57. The lowest BCUT2D eigenvalue weighted by Gasteiger charge is -2.05. The van der Waals surface area contributed by atoms with E-state index in [2.05, 4.69) is 41.8 Å². The van der Waals surface area contributed by atoms with Crippen molar-refractivity contribution in [2.75, 3.05) is 6.54 Å². The molecule has 0 unspecified atom stereocenters. The van der Waals surface area contributed by atoms with Gasteiger partial charge >= 0.3 is 6.03 Å². The van der Waals surface area contributed by atoms with E-state index in [1.807, 2.05) is 36.4 Å². The van der Waals surface area contributed by atoms with Gasteiger partial charge in [0.2, 0.25) is 0 Å². The van der Waals surface area contributed by atoms with Crippen LogP contribution in [0.25, 0.3) is 6.08 Å². The Labute approximate surface area is 138 Å². The third-order valence-corrected chi connectivity index (χ3v) is 3.59. The van der Waals surface area contributed by atoms with E-state index in [1.54, 1.807) is 6.20 Å². The Morgan fingerprint density at radius 1 is 1.00 bits per heavy atom. The van der Waals surface area contributed by atoms with Crippen LogP contribution in [0, 0.1) is 6.92 Å². The fourth-order valence-electron chi connectivity index (χ4n) is 2.24. The number of hydrogen-bond donors (Lipinski definition) is 2. The van der Waals surface area contributed by atoms with Crippen molar-refractivity contribution in [3.8, 4) is 0 Å². The van der Waals surface area contributed by atoms with E-state index in [0.29, 0.717) is 6.54 Å². The lowest BCUT2D eigenvalue weighted by Crippen LogP contribution is -2.32. The van der Waals surface area contributed by atoms with Crippen LogP contribution in [0.1, 0.15) is 29.5 Å². The van der Waals surface area contributed by atoms with Crippen LogP contribution in [-0.4, -0.2) is 12.6 Å². The average molecular weight is 308 g/mol. The minimum Gasteiger partial charge on any atom is -0.338 e. The van der Waals surface area contributed by atoms with Crippen molar-refractivity contribution >= 4 is 12.1 Å². The molecule has 0 saturated carbocycles. The first kappa shape index (κ1) is 16.8. The topological polar surface area (TPSA) is 41.1 Å². The largest absolute Gasteiger partial charge is 0.338 e. The predicted molar refractivity (Wildman–Crippen MR) is 96.1 cm³/mol. The highest BCUT2D eigenvalue weighted by molar-refractivity contribution is 5.75. The number of amides is 2. The van der Waals surface area contributed by atoms with Crippen LogP contribution in [0.3, 0.4) is 0 Å². The quantitative estimate of drug-likeness (QED) is 0.736. The van der Waals surface area contributed by atoms with Crippen LogP contribution >= 0.6 is 0 Å². The molecule has 0 saturated heterocycles. The highest BCUT2D eigenvalue weighted by atomic mass is 16.2. The standard InChI is InChI=1S/C20H24N2O/c1-17-10-12-19(13-11-17)14-16-22-20(23)21-15-6-5-9-18-7-3-2-4-8-18/h2-4,7-8,10-14,16H,5-6,9,15H2,1H3,(H2,21,22,23)/b16-14+. The zero-order chi connectivity index (χ0) is 16.3. The van der Waals surface area contributed by atoms with Gasteiger partial charge in [-0.1, -0.05) is 60.2 Å². The van der Waals surface area contributed by atoms with Gasteiger partial charge in [-0.15, -0.1) is 0 Å². The molecule has 0 spiro atoms. The Balaban J connectivity index is 1.57. The molecule has 0 atom stereocenters. The first-order valence-corrected chi connectivity index (χ1v) is 8.05. The summed E-state index contributed by atoms with van der Waals surface area (Å²) in [6, 6.07) is 18.4. The van der Waals surface area contributed by atoms with E-state index < -0.39 is 0 Å². The zero-order valence-corrected chi connectivity index (χ0v) is 13.6. The van der Waals surface area contributed by atoms with Gasteiger partial charge in [0.1, 0.15) is 0 Å². The molecule has 2 aromatic rings. The maximum Gasteiger partial charge on any atom is 0.318 e. The van der Waals surface area contributed by atoms with E-state index in [9.17, 15) is 4.79 Å². The van der Waals surface area contributed by atoms with Crippen molar-refractivity contribution in [1.82, 2.24) is 10.6 Å². The monoisotopic (exact) mass is 308 g/mol. The molecule has 3 nitrogen and oxygen atoms in total. The van der Waals surface area contributed by atoms with E-state index in [0.717, 1.165) is 24.8 Å². The van der Waals surface area contributed by atoms with Crippen LogP contribution in [-0.2, 0) is 6.42 Å². The lowest BCUT2D eigenvalue weighted by atomic mass is 10.1. The molecule has 3 heteroatoms. The van der Waals surface area contributed by atoms with Gasteiger partial charge in [0.05, 0.1) is 0 Å². The molecule has 2 amide bonds. The van der Waals surface area contributed by atoms with E-state index in [-0.39, 0.29) is 6.03 Å². The maximum absolute atomic E-state index is 11.6. The number of urea groups is 1. The number of benzene rings is 2. The predicted octanol–water partition coefficient (Wildman–Crippen LogP) is 4.29. The van der Waals surface area contributed by atoms with Crippen molar-refractivity contribution in [3.63, 3.8) is 0 Å². The fourth-order valence-corrected chi connectivity index (χ4v) is 2.24. The molecule has 0 aromatic heterocycles. The number of hydrogen-bond acceptors (Lipinski definition) is 1. The number of nitrogens with one attached hydrogen (secondary N) is 2. The van der Waals surface area contributed by atoms with Crippen molar-refractivity contribution < 1.29 is 4.79 Å². The first-order chi connectivity index (χ1) is 11.2. The van der Waals surface area contributed by atoms with Gasteiger partial charge in [0, 0.05) is 12.7 Å². The Bertz CT molecular complexity index is 618. The van der Waals surface area contributed by atoms with Gasteiger partial charge in [-0.2, -0.15) is 0 Å². The second kappa shape index (κ2) is 9.46. The molecule has 0 aliphatic heterocycles. The second-order valence-corrected chi connectivity index (χ2v) is 5.59. The van der Waals surface area contributed by atoms with Crippen molar-refractivity contribution in [1.29, 1.82) is 0 Å². The third kappa shape index (κ3) is 6.83. The molecule has 0 radical (unpaired) electrons. The highest BCUT2D eigenvalue weighted by Crippen LogP contribution is 2.04. The van der Waals surface area contributed by atoms with Gasteiger partial charge in [-0.3, -0.25) is 0 Å². The molecular formula is C20H24N2O. The van der Waals surface area contributed by atoms with Crippen LogP contribution in [0.15, 0.2) is 60.8 Å². The minimum atomic E-state index is -0.159. The number of carbonyl (C=O) groups is 1. The summed E-state index contributed by atoms with van der Waals surface area (Å²) >= 11 is 0. The van der Waals surface area contributed by atoms with Gasteiger partial charge in [0.15, 0.2) is 0 Å². The van der Waals surface area contributed by atoms with Crippen LogP contribution < -0.4 is 10.6 Å². The molecule has 0 heterocycles. The molecule has 2 N–H and O–H groups in total. The van der Waals surface area contributed by atoms with E-state index >= 15 is 0 Å². The minimum absolute atomic E-state index is 0.159. The van der Waals surface area contributed by atoms with Crippen LogP contribution in [0.4, 0.5) is 4.79 Å². The summed E-state index contributed by atoms with van der Waals surface area (Å²) in [4.78, 5) is 11.6. The van der Waals surface area contributed by atoms with Crippen molar-refractivity contribution in [3.05, 3.63) is 77.5 Å². The molecule has 0 aliphatic carbocycles. The summed E-state index contributed by atoms with van der Waals surface area (Å²) in [6.07, 6.45) is 6.66. The van der Waals surface area contributed by atoms with Gasteiger partial charge in [0.25, 0.3) is 0 Å². The molecule has 0 aliphatic rings. The summed E-state index contributed by atoms with van der Waals surface area (Å²) in [5.74, 6) is 0. The molecule has 0 fully saturated rings. The third-order valence-electron chi connectivity index (χ3n) is 3.59. The zero-order valence-electron chi connectivity index (χ0n) is 13.6. The Morgan fingerprint density at radius 2 is 1.74 bits per heavy atom. The number of aryl methyl sites for hydroxylation is 2. The van der Waals surface area contributed by atoms with Gasteiger partial charge in [-0.05, 0) is 43.4 Å². The molecule has 2 aromatic carbocycles. The number of rotatable bonds is 7. The fraction of sp³-hybridized carbons (Fsp3) is 0.250. The molecule has 0 bridgehead atoms. The molecule has 2 rings (SSSR count). The SMILES string of the molecule is Cc1ccc(/C=C/NC(=O)NCCCCc2ccccc2)cc1. The Morgan fingerprint density at radius 3 is 2.48 bits per heavy atom. The van der Waals surface area contributed by atoms with Crippen molar-refractivity contribution in [2.45, 2.75) is 26.2 Å². The summed E-state index contributed by atoms with van der Waals surface area (Å²) in [5, 5.41) is 5.59. The van der Waals surface area contributed by atoms with Gasteiger partial charge in [-0.25, -0.2) is 4.79 Å². The van der Waals surface area contributed by atoms with E-state index in [4.69, 9.17) is 0 Å². The summed E-state index contributed by atoms with van der Waals surface area (Å²) < 4.78 is 0. The Hall–Kier alpha value is -2.55. The summed E-state index contributed by atoms with van der Waals surface area (Å²) in [5.41, 5.74) is 3.64. The summed E-state index contributed by atoms with van der Waals surface area (Å²) in [7, 11) is 0. The highest BCUT2D eigenvalue weighted by Gasteiger charge is 1.97. The second-order valence-electron chi connectivity index (χ2n) is 5.59. The number of carbonyl (C=O) groups excluding carboxylic acids is 1. The van der Waals surface area contributed by atoms with E-state index in [1.165, 1.54) is 11.1 Å². The molecule has 23 heavy (non-hydrogen) atoms. The molecular weight excluding hydrogens is 284 g/mol. The Kier molecular flexibility index (Phi) is 6.92. The van der Waals surface area contributed by atoms with Gasteiger partial charge < -0.3 is 10.6 Å². The smallest absolute Gasteiger partial charge is 0.318 e. The number of unbranched alkanes of at least 4 members (excludes halogenated alkanes) is 1. The first-order valence-electron chi connectivity index (χ1n) is 8.05. The van der Waals surface area contributed by atoms with Crippen LogP contribution in [0.2, 0.25) is 0 Å². The normalized spacial score (nSPS) is 10.7. The lowest BCUT2D eigenvalue weighted by molar-refractivity contribution is 0.244. The van der Waals surface area contributed by atoms with Crippen molar-refractivity contribution in [2.24, 2.45) is 0 Å². The molecule has 120 valence electrons. The maximum atomic E-state index is 11.6.